The van der Waals surface area contributed by atoms with Gasteiger partial charge in [0.1, 0.15) is 5.82 Å². The third-order valence-corrected chi connectivity index (χ3v) is 5.95. The van der Waals surface area contributed by atoms with Crippen molar-refractivity contribution < 1.29 is 4.79 Å². The highest BCUT2D eigenvalue weighted by Crippen LogP contribution is 2.35. The van der Waals surface area contributed by atoms with Crippen LogP contribution in [0.1, 0.15) is 59.5 Å². The molecule has 2 aromatic heterocycles. The molecule has 1 saturated heterocycles. The number of likely N-dealkylation sites (tertiary alicyclic amines) is 1. The summed E-state index contributed by atoms with van der Waals surface area (Å²) in [6.07, 6.45) is 6.55. The number of halogens is 1. The van der Waals surface area contributed by atoms with E-state index >= 15 is 0 Å². The number of aryl methyl sites for hydroxylation is 1. The lowest BCUT2D eigenvalue weighted by Crippen LogP contribution is -2.31. The van der Waals surface area contributed by atoms with Crippen LogP contribution >= 0.6 is 22.9 Å². The Morgan fingerprint density at radius 2 is 2.09 bits per heavy atom. The van der Waals surface area contributed by atoms with E-state index < -0.39 is 0 Å². The summed E-state index contributed by atoms with van der Waals surface area (Å²) in [6, 6.07) is 3.64. The van der Waals surface area contributed by atoms with Crippen molar-refractivity contribution in [3.8, 4) is 0 Å². The van der Waals surface area contributed by atoms with Gasteiger partial charge in [0.15, 0.2) is 5.82 Å². The summed E-state index contributed by atoms with van der Waals surface area (Å²) >= 11 is 7.33. The lowest BCUT2D eigenvalue weighted by Gasteiger charge is -2.24. The average molecular weight is 351 g/mol. The topological polar surface area (TPSA) is 51.0 Å². The minimum atomic E-state index is 0.0442. The predicted molar refractivity (Wildman–Crippen MR) is 89.9 cm³/mol. The van der Waals surface area contributed by atoms with Crippen LogP contribution in [0.3, 0.4) is 0 Å². The smallest absolute Gasteiger partial charge is 0.264 e. The number of amides is 1. The summed E-state index contributed by atoms with van der Waals surface area (Å²) in [4.78, 5) is 15.5. The number of fused-ring (bicyclic) bond motifs is 1. The molecule has 0 radical (unpaired) electrons. The second kappa shape index (κ2) is 6.24. The Balaban J connectivity index is 1.63. The molecule has 4 heterocycles. The first-order valence-corrected chi connectivity index (χ1v) is 9.42. The molecule has 2 aliphatic rings. The Kier molecular flexibility index (Phi) is 4.11. The molecule has 1 unspecified atom stereocenters. The number of nitrogens with zero attached hydrogens (tertiary/aromatic N) is 4. The monoisotopic (exact) mass is 350 g/mol. The molecule has 7 heteroatoms. The van der Waals surface area contributed by atoms with Gasteiger partial charge in [0, 0.05) is 19.5 Å². The summed E-state index contributed by atoms with van der Waals surface area (Å²) in [5.41, 5.74) is 0. The number of aromatic nitrogens is 3. The van der Waals surface area contributed by atoms with E-state index in [2.05, 4.69) is 14.8 Å². The van der Waals surface area contributed by atoms with Crippen molar-refractivity contribution >= 4 is 28.8 Å². The SMILES string of the molecule is O=C(c1ccc(Cl)s1)N1CCCC1c1nnc2n1CCCCC2. The molecule has 2 aromatic rings. The second-order valence-electron chi connectivity index (χ2n) is 6.20. The highest BCUT2D eigenvalue weighted by Gasteiger charge is 2.35. The Bertz CT molecular complexity index is 725. The first-order chi connectivity index (χ1) is 11.2. The van der Waals surface area contributed by atoms with Crippen LogP contribution in [0, 0.1) is 0 Å². The van der Waals surface area contributed by atoms with Crippen molar-refractivity contribution in [1.29, 1.82) is 0 Å². The number of carbonyl (C=O) groups excluding carboxylic acids is 1. The van der Waals surface area contributed by atoms with Gasteiger partial charge >= 0.3 is 0 Å². The molecular weight excluding hydrogens is 332 g/mol. The Labute approximate surface area is 144 Å². The minimum Gasteiger partial charge on any atom is -0.328 e. The maximum Gasteiger partial charge on any atom is 0.264 e. The van der Waals surface area contributed by atoms with Crippen molar-refractivity contribution in [2.75, 3.05) is 6.54 Å². The van der Waals surface area contributed by atoms with Crippen molar-refractivity contribution in [1.82, 2.24) is 19.7 Å². The zero-order valence-corrected chi connectivity index (χ0v) is 14.4. The lowest BCUT2D eigenvalue weighted by molar-refractivity contribution is 0.0732. The van der Waals surface area contributed by atoms with Crippen LogP contribution in [0.2, 0.25) is 4.34 Å². The van der Waals surface area contributed by atoms with E-state index in [9.17, 15) is 4.79 Å². The first kappa shape index (κ1) is 15.1. The van der Waals surface area contributed by atoms with Crippen molar-refractivity contribution in [2.24, 2.45) is 0 Å². The standard InChI is InChI=1S/C16H19ClN4OS/c17-13-8-7-12(23-13)16(22)20-10-4-5-11(20)15-19-18-14-6-2-1-3-9-21(14)15/h7-8,11H,1-6,9-10H2. The summed E-state index contributed by atoms with van der Waals surface area (Å²) in [6.45, 7) is 1.75. The van der Waals surface area contributed by atoms with Crippen LogP contribution < -0.4 is 0 Å². The molecule has 0 aliphatic carbocycles. The van der Waals surface area contributed by atoms with Crippen LogP contribution in [-0.2, 0) is 13.0 Å². The molecule has 0 spiro atoms. The number of carbonyl (C=O) groups is 1. The largest absolute Gasteiger partial charge is 0.328 e. The van der Waals surface area contributed by atoms with Crippen LogP contribution in [0.5, 0.6) is 0 Å². The summed E-state index contributed by atoms with van der Waals surface area (Å²) in [5.74, 6) is 2.11. The zero-order valence-electron chi connectivity index (χ0n) is 12.9. The van der Waals surface area contributed by atoms with E-state index in [1.165, 1.54) is 30.6 Å². The molecule has 0 aromatic carbocycles. The fourth-order valence-electron chi connectivity index (χ4n) is 3.60. The van der Waals surface area contributed by atoms with Crippen LogP contribution in [-0.4, -0.2) is 32.1 Å². The third-order valence-electron chi connectivity index (χ3n) is 4.73. The van der Waals surface area contributed by atoms with E-state index in [-0.39, 0.29) is 11.9 Å². The number of thiophene rings is 1. The van der Waals surface area contributed by atoms with Gasteiger partial charge in [0.25, 0.3) is 5.91 Å². The second-order valence-corrected chi connectivity index (χ2v) is 7.91. The minimum absolute atomic E-state index is 0.0442. The predicted octanol–water partition coefficient (Wildman–Crippen LogP) is 3.70. The van der Waals surface area contributed by atoms with E-state index in [0.29, 0.717) is 9.21 Å². The molecule has 0 saturated carbocycles. The van der Waals surface area contributed by atoms with Crippen LogP contribution in [0.25, 0.3) is 0 Å². The maximum atomic E-state index is 12.8. The number of hydrogen-bond donors (Lipinski definition) is 0. The molecule has 1 fully saturated rings. The molecule has 1 atom stereocenters. The summed E-state index contributed by atoms with van der Waals surface area (Å²) in [7, 11) is 0. The van der Waals surface area contributed by atoms with Gasteiger partial charge in [-0.3, -0.25) is 4.79 Å². The molecule has 2 aliphatic heterocycles. The van der Waals surface area contributed by atoms with Gasteiger partial charge in [-0.1, -0.05) is 18.0 Å². The Morgan fingerprint density at radius 3 is 2.91 bits per heavy atom. The number of hydrogen-bond acceptors (Lipinski definition) is 4. The van der Waals surface area contributed by atoms with E-state index in [1.807, 2.05) is 11.0 Å². The highest BCUT2D eigenvalue weighted by atomic mass is 35.5. The van der Waals surface area contributed by atoms with E-state index in [1.54, 1.807) is 6.07 Å². The van der Waals surface area contributed by atoms with Gasteiger partial charge in [-0.2, -0.15) is 0 Å². The molecular formula is C16H19ClN4OS. The summed E-state index contributed by atoms with van der Waals surface area (Å²) < 4.78 is 2.91. The maximum absolute atomic E-state index is 12.8. The van der Waals surface area contributed by atoms with Crippen molar-refractivity contribution in [2.45, 2.75) is 51.1 Å². The van der Waals surface area contributed by atoms with Crippen LogP contribution in [0.15, 0.2) is 12.1 Å². The van der Waals surface area contributed by atoms with E-state index in [0.717, 1.165) is 44.0 Å². The first-order valence-electron chi connectivity index (χ1n) is 8.22. The van der Waals surface area contributed by atoms with E-state index in [4.69, 9.17) is 11.6 Å². The Hall–Kier alpha value is -1.40. The van der Waals surface area contributed by atoms with Gasteiger partial charge < -0.3 is 9.47 Å². The molecule has 5 nitrogen and oxygen atoms in total. The normalized spacial score (nSPS) is 21.3. The molecule has 0 bridgehead atoms. The van der Waals surface area contributed by atoms with Crippen molar-refractivity contribution in [3.05, 3.63) is 33.0 Å². The van der Waals surface area contributed by atoms with Gasteiger partial charge in [0.2, 0.25) is 0 Å². The average Bonchev–Trinajstić information content (AvgIpc) is 3.23. The van der Waals surface area contributed by atoms with Gasteiger partial charge in [0.05, 0.1) is 15.3 Å². The summed E-state index contributed by atoms with van der Waals surface area (Å²) in [5, 5.41) is 8.84. The van der Waals surface area contributed by atoms with Gasteiger partial charge in [-0.15, -0.1) is 21.5 Å². The molecule has 4 rings (SSSR count). The highest BCUT2D eigenvalue weighted by molar-refractivity contribution is 7.17. The fourth-order valence-corrected chi connectivity index (χ4v) is 4.60. The Morgan fingerprint density at radius 1 is 1.17 bits per heavy atom. The molecule has 23 heavy (non-hydrogen) atoms. The van der Waals surface area contributed by atoms with Gasteiger partial charge in [-0.05, 0) is 37.8 Å². The molecule has 1 amide bonds. The van der Waals surface area contributed by atoms with Crippen molar-refractivity contribution in [3.63, 3.8) is 0 Å². The molecule has 122 valence electrons. The van der Waals surface area contributed by atoms with Gasteiger partial charge in [-0.25, -0.2) is 0 Å². The number of rotatable bonds is 2. The molecule has 0 N–H and O–H groups in total. The lowest BCUT2D eigenvalue weighted by atomic mass is 10.2. The zero-order chi connectivity index (χ0) is 15.8. The van der Waals surface area contributed by atoms with Crippen LogP contribution in [0.4, 0.5) is 0 Å². The quantitative estimate of drug-likeness (QED) is 0.829. The fraction of sp³-hybridized carbons (Fsp3) is 0.562. The third kappa shape index (κ3) is 2.78.